The number of anilines is 2. The number of nitrogen functional groups attached to an aromatic ring is 1. The van der Waals surface area contributed by atoms with Gasteiger partial charge < -0.3 is 11.1 Å². The number of nitrogens with one attached hydrogen (secondary N) is 1. The predicted molar refractivity (Wildman–Crippen MR) is 112 cm³/mol. The molecule has 30 heavy (non-hydrogen) atoms. The van der Waals surface area contributed by atoms with Crippen LogP contribution in [0.2, 0.25) is 0 Å². The fourth-order valence-electron chi connectivity index (χ4n) is 2.55. The molecule has 1 heterocycles. The minimum absolute atomic E-state index is 0.0863. The fourth-order valence-corrected chi connectivity index (χ4v) is 3.81. The van der Waals surface area contributed by atoms with Crippen LogP contribution in [-0.4, -0.2) is 45.2 Å². The van der Waals surface area contributed by atoms with E-state index in [-0.39, 0.29) is 21.3 Å². The number of carbonyl (C=O) groups excluding carboxylic acids is 1. The molecule has 3 N–H and O–H groups in total. The van der Waals surface area contributed by atoms with Crippen molar-refractivity contribution >= 4 is 37.1 Å². The second-order valence-corrected chi connectivity index (χ2v) is 10.6. The Bertz CT molecular complexity index is 1320. The van der Waals surface area contributed by atoms with Crippen LogP contribution in [0.1, 0.15) is 10.5 Å². The first-order chi connectivity index (χ1) is 13.9. The molecule has 0 bridgehead atoms. The van der Waals surface area contributed by atoms with Crippen molar-refractivity contribution in [2.45, 2.75) is 9.79 Å². The van der Waals surface area contributed by atoms with Gasteiger partial charge in [-0.3, -0.25) is 4.79 Å². The Balaban J connectivity index is 1.87. The van der Waals surface area contributed by atoms with Gasteiger partial charge in [0.2, 0.25) is 0 Å². The number of sulfone groups is 2. The molecule has 1 aromatic heterocycles. The minimum atomic E-state index is -3.35. The second kappa shape index (κ2) is 7.84. The summed E-state index contributed by atoms with van der Waals surface area (Å²) in [6.07, 6.45) is 3.57. The van der Waals surface area contributed by atoms with Gasteiger partial charge in [0.15, 0.2) is 31.2 Å². The van der Waals surface area contributed by atoms with Crippen LogP contribution >= 0.6 is 0 Å². The van der Waals surface area contributed by atoms with Crippen LogP contribution in [-0.2, 0) is 19.7 Å². The normalized spacial score (nSPS) is 11.8. The molecular weight excluding hydrogens is 428 g/mol. The molecule has 1 amide bonds. The first-order valence-electron chi connectivity index (χ1n) is 8.49. The summed E-state index contributed by atoms with van der Waals surface area (Å²) in [4.78, 5) is 21.1. The molecule has 0 aliphatic carbocycles. The number of aromatic nitrogens is 2. The van der Waals surface area contributed by atoms with E-state index < -0.39 is 25.6 Å². The third-order valence-electron chi connectivity index (χ3n) is 4.13. The second-order valence-electron chi connectivity index (χ2n) is 6.54. The van der Waals surface area contributed by atoms with E-state index in [9.17, 15) is 21.6 Å². The third kappa shape index (κ3) is 4.81. The van der Waals surface area contributed by atoms with E-state index in [1.807, 2.05) is 0 Å². The number of carbonyl (C=O) groups is 1. The first kappa shape index (κ1) is 21.4. The zero-order chi connectivity index (χ0) is 22.1. The van der Waals surface area contributed by atoms with Gasteiger partial charge in [-0.05, 0) is 36.4 Å². The Labute approximate surface area is 173 Å². The lowest BCUT2D eigenvalue weighted by Gasteiger charge is -2.09. The summed E-state index contributed by atoms with van der Waals surface area (Å²) in [5.74, 6) is -0.710. The monoisotopic (exact) mass is 446 g/mol. The predicted octanol–water partition coefficient (Wildman–Crippen LogP) is 1.79. The number of nitrogens with zero attached hydrogens (tertiary/aromatic N) is 2. The lowest BCUT2D eigenvalue weighted by molar-refractivity contribution is 0.102. The van der Waals surface area contributed by atoms with Gasteiger partial charge in [-0.2, -0.15) is 0 Å². The summed E-state index contributed by atoms with van der Waals surface area (Å²) in [6.45, 7) is 0. The molecule has 0 spiro atoms. The molecule has 3 rings (SSSR count). The Morgan fingerprint density at radius 2 is 1.37 bits per heavy atom. The lowest BCUT2D eigenvalue weighted by atomic mass is 10.1. The number of benzene rings is 2. The van der Waals surface area contributed by atoms with Gasteiger partial charge in [-0.1, -0.05) is 12.1 Å². The van der Waals surface area contributed by atoms with E-state index in [1.165, 1.54) is 42.6 Å². The topological polar surface area (TPSA) is 149 Å². The summed E-state index contributed by atoms with van der Waals surface area (Å²) >= 11 is 0. The maximum atomic E-state index is 12.6. The Kier molecular flexibility index (Phi) is 5.59. The lowest BCUT2D eigenvalue weighted by Crippen LogP contribution is -2.17. The molecule has 0 unspecified atom stereocenters. The van der Waals surface area contributed by atoms with Gasteiger partial charge in [0.05, 0.1) is 21.7 Å². The number of rotatable bonds is 5. The molecule has 2 aromatic carbocycles. The van der Waals surface area contributed by atoms with Gasteiger partial charge in [0, 0.05) is 23.8 Å². The van der Waals surface area contributed by atoms with Crippen LogP contribution in [0.4, 0.5) is 11.5 Å². The third-order valence-corrected chi connectivity index (χ3v) is 6.39. The molecule has 0 atom stereocenters. The molecule has 0 radical (unpaired) electrons. The van der Waals surface area contributed by atoms with Crippen molar-refractivity contribution in [3.05, 3.63) is 60.4 Å². The number of amides is 1. The van der Waals surface area contributed by atoms with Crippen LogP contribution in [0, 0.1) is 0 Å². The molecule has 0 saturated carbocycles. The molecule has 0 fully saturated rings. The van der Waals surface area contributed by atoms with Crippen LogP contribution in [0.5, 0.6) is 0 Å². The Hall–Kier alpha value is -3.31. The molecule has 0 aliphatic rings. The molecule has 9 nitrogen and oxygen atoms in total. The summed E-state index contributed by atoms with van der Waals surface area (Å²) in [7, 11) is -6.68. The van der Waals surface area contributed by atoms with Gasteiger partial charge in [-0.25, -0.2) is 26.8 Å². The minimum Gasteiger partial charge on any atom is -0.382 e. The fraction of sp³-hybridized carbons (Fsp3) is 0.105. The van der Waals surface area contributed by atoms with Crippen LogP contribution < -0.4 is 11.1 Å². The summed E-state index contributed by atoms with van der Waals surface area (Å²) in [6, 6.07) is 11.6. The van der Waals surface area contributed by atoms with Gasteiger partial charge in [0.25, 0.3) is 5.91 Å². The van der Waals surface area contributed by atoms with E-state index >= 15 is 0 Å². The smallest absolute Gasteiger partial charge is 0.278 e. The van der Waals surface area contributed by atoms with Crippen molar-refractivity contribution in [1.29, 1.82) is 0 Å². The standard InChI is InChI=1S/C19H18N4O5S2/c1-29(25,26)14-7-3-12(4-8-14)16-11-21-18(20)17(23-16)19(24)22-13-5-9-15(10-6-13)30(2,27)28/h3-11H,1-2H3,(H2,20,21)(H,22,24). The molecular formula is C19H18N4O5S2. The van der Waals surface area contributed by atoms with Crippen LogP contribution in [0.25, 0.3) is 11.3 Å². The molecule has 0 saturated heterocycles. The first-order valence-corrected chi connectivity index (χ1v) is 12.3. The highest BCUT2D eigenvalue weighted by molar-refractivity contribution is 7.91. The Morgan fingerprint density at radius 1 is 0.867 bits per heavy atom. The number of nitrogens with two attached hydrogens (primary N) is 1. The summed E-state index contributed by atoms with van der Waals surface area (Å²) in [5.41, 5.74) is 6.92. The van der Waals surface area contributed by atoms with Gasteiger partial charge in [0.1, 0.15) is 0 Å². The summed E-state index contributed by atoms with van der Waals surface area (Å²) < 4.78 is 46.2. The quantitative estimate of drug-likeness (QED) is 0.602. The largest absolute Gasteiger partial charge is 0.382 e. The summed E-state index contributed by atoms with van der Waals surface area (Å²) in [5, 5.41) is 2.59. The molecule has 0 aliphatic heterocycles. The number of hydrogen-bond acceptors (Lipinski definition) is 8. The van der Waals surface area contributed by atoms with E-state index in [2.05, 4.69) is 15.3 Å². The highest BCUT2D eigenvalue weighted by atomic mass is 32.2. The van der Waals surface area contributed by atoms with Crippen molar-refractivity contribution in [3.8, 4) is 11.3 Å². The van der Waals surface area contributed by atoms with E-state index in [1.54, 1.807) is 12.1 Å². The maximum absolute atomic E-state index is 12.6. The SMILES string of the molecule is CS(=O)(=O)c1ccc(NC(=O)c2nc(-c3ccc(S(C)(=O)=O)cc3)cnc2N)cc1. The zero-order valence-corrected chi connectivity index (χ0v) is 17.7. The van der Waals surface area contributed by atoms with Crippen LogP contribution in [0.3, 0.4) is 0 Å². The van der Waals surface area contributed by atoms with Crippen molar-refractivity contribution in [2.75, 3.05) is 23.6 Å². The van der Waals surface area contributed by atoms with Crippen LogP contribution in [0.15, 0.2) is 64.5 Å². The highest BCUT2D eigenvalue weighted by Gasteiger charge is 2.16. The molecule has 11 heteroatoms. The average molecular weight is 447 g/mol. The van der Waals surface area contributed by atoms with Crippen molar-refractivity contribution in [2.24, 2.45) is 0 Å². The van der Waals surface area contributed by atoms with Crippen molar-refractivity contribution in [1.82, 2.24) is 9.97 Å². The van der Waals surface area contributed by atoms with Crippen molar-refractivity contribution < 1.29 is 21.6 Å². The molecule has 156 valence electrons. The van der Waals surface area contributed by atoms with Gasteiger partial charge in [-0.15, -0.1) is 0 Å². The highest BCUT2D eigenvalue weighted by Crippen LogP contribution is 2.22. The van der Waals surface area contributed by atoms with E-state index in [0.717, 1.165) is 12.5 Å². The maximum Gasteiger partial charge on any atom is 0.278 e. The Morgan fingerprint density at radius 3 is 1.87 bits per heavy atom. The number of hydrogen-bond donors (Lipinski definition) is 2. The zero-order valence-electron chi connectivity index (χ0n) is 16.0. The average Bonchev–Trinajstić information content (AvgIpc) is 2.67. The van der Waals surface area contributed by atoms with E-state index in [0.29, 0.717) is 16.9 Å². The van der Waals surface area contributed by atoms with Crippen molar-refractivity contribution in [3.63, 3.8) is 0 Å². The molecule has 3 aromatic rings. The van der Waals surface area contributed by atoms with E-state index in [4.69, 9.17) is 5.73 Å². The van der Waals surface area contributed by atoms with Gasteiger partial charge >= 0.3 is 0 Å².